The predicted octanol–water partition coefficient (Wildman–Crippen LogP) is 1.97. The number of esters is 1. The molecule has 0 atom stereocenters. The van der Waals surface area contributed by atoms with Crippen molar-refractivity contribution < 1.29 is 14.6 Å². The quantitative estimate of drug-likeness (QED) is 0.572. The van der Waals surface area contributed by atoms with Gasteiger partial charge in [-0.15, -0.1) is 6.42 Å². The summed E-state index contributed by atoms with van der Waals surface area (Å²) in [4.78, 5) is 33.4. The number of rotatable bonds is 4. The molecule has 130 valence electrons. The first-order valence-electron chi connectivity index (χ1n) is 7.87. The van der Waals surface area contributed by atoms with E-state index in [1.54, 1.807) is 6.92 Å². The number of pyridine rings is 1. The monoisotopic (exact) mass is 349 g/mol. The van der Waals surface area contributed by atoms with E-state index in [1.807, 2.05) is 30.3 Å². The van der Waals surface area contributed by atoms with Crippen molar-refractivity contribution in [3.63, 3.8) is 0 Å². The Balaban J connectivity index is 2.33. The molecule has 0 fully saturated rings. The molecular weight excluding hydrogens is 334 g/mol. The van der Waals surface area contributed by atoms with Crippen LogP contribution in [0.15, 0.2) is 41.3 Å². The van der Waals surface area contributed by atoms with Crippen LogP contribution in [0.2, 0.25) is 0 Å². The molecule has 1 N–H and O–H groups in total. The largest absolute Gasteiger partial charge is 0.506 e. The number of benzene rings is 1. The van der Waals surface area contributed by atoms with Crippen LogP contribution in [0.4, 0.5) is 0 Å². The zero-order chi connectivity index (χ0) is 18.7. The summed E-state index contributed by atoms with van der Waals surface area (Å²) < 4.78 is 6.01. The van der Waals surface area contributed by atoms with Gasteiger partial charge in [-0.25, -0.2) is 14.8 Å². The second-order valence-electron chi connectivity index (χ2n) is 5.34. The lowest BCUT2D eigenvalue weighted by atomic mass is 10.1. The Hall–Kier alpha value is -3.66. The normalized spacial score (nSPS) is 10.5. The van der Waals surface area contributed by atoms with Crippen LogP contribution >= 0.6 is 0 Å². The molecule has 3 rings (SSSR count). The number of fused-ring (bicyclic) bond motifs is 1. The number of carbonyl (C=O) groups is 1. The number of ether oxygens (including phenoxy) is 1. The fourth-order valence-corrected chi connectivity index (χ4v) is 2.56. The van der Waals surface area contributed by atoms with E-state index in [1.165, 1.54) is 6.20 Å². The van der Waals surface area contributed by atoms with Crippen molar-refractivity contribution in [2.75, 3.05) is 6.61 Å². The van der Waals surface area contributed by atoms with Gasteiger partial charge < -0.3 is 9.84 Å². The minimum absolute atomic E-state index is 0.0638. The van der Waals surface area contributed by atoms with Crippen molar-refractivity contribution in [1.29, 1.82) is 0 Å². The van der Waals surface area contributed by atoms with Crippen LogP contribution in [0.3, 0.4) is 0 Å². The molecule has 0 aliphatic rings. The number of aromatic hydroxyl groups is 1. The summed E-state index contributed by atoms with van der Waals surface area (Å²) in [6, 6.07) is 9.16. The van der Waals surface area contributed by atoms with E-state index in [9.17, 15) is 14.7 Å². The molecule has 0 unspecified atom stereocenters. The van der Waals surface area contributed by atoms with Gasteiger partial charge in [-0.2, -0.15) is 0 Å². The first kappa shape index (κ1) is 17.2. The molecule has 2 heterocycles. The van der Waals surface area contributed by atoms with Gasteiger partial charge in [-0.1, -0.05) is 36.3 Å². The van der Waals surface area contributed by atoms with Crippen LogP contribution in [-0.2, 0) is 11.3 Å². The van der Waals surface area contributed by atoms with E-state index < -0.39 is 22.8 Å². The predicted molar refractivity (Wildman–Crippen MR) is 95.7 cm³/mol. The third-order valence-electron chi connectivity index (χ3n) is 3.74. The second kappa shape index (κ2) is 7.07. The van der Waals surface area contributed by atoms with Gasteiger partial charge in [0.05, 0.1) is 18.5 Å². The SMILES string of the molecule is C#CCn1c(=O)c(C(=O)OCC)c(O)c2cnc(-c3ccccc3)nc21. The first-order valence-corrected chi connectivity index (χ1v) is 7.87. The summed E-state index contributed by atoms with van der Waals surface area (Å²) in [6.45, 7) is 1.55. The van der Waals surface area contributed by atoms with Gasteiger partial charge in [0.25, 0.3) is 5.56 Å². The third kappa shape index (κ3) is 2.89. The molecule has 26 heavy (non-hydrogen) atoms. The van der Waals surface area contributed by atoms with Crippen LogP contribution in [-0.4, -0.2) is 32.2 Å². The first-order chi connectivity index (χ1) is 12.6. The van der Waals surface area contributed by atoms with Gasteiger partial charge in [0.15, 0.2) is 17.0 Å². The summed E-state index contributed by atoms with van der Waals surface area (Å²) in [5.74, 6) is 1.29. The number of carbonyl (C=O) groups excluding carboxylic acids is 1. The summed E-state index contributed by atoms with van der Waals surface area (Å²) in [6.07, 6.45) is 6.72. The molecule has 7 heteroatoms. The zero-order valence-electron chi connectivity index (χ0n) is 14.0. The summed E-state index contributed by atoms with van der Waals surface area (Å²) >= 11 is 0. The molecule has 0 saturated heterocycles. The third-order valence-corrected chi connectivity index (χ3v) is 3.74. The number of nitrogens with zero attached hydrogens (tertiary/aromatic N) is 3. The maximum absolute atomic E-state index is 12.7. The Kier molecular flexibility index (Phi) is 4.67. The molecule has 0 amide bonds. The standard InChI is InChI=1S/C19H15N3O4/c1-3-10-22-17-13(15(23)14(18(22)24)19(25)26-4-2)11-20-16(21-17)12-8-6-5-7-9-12/h1,5-9,11,23H,4,10H2,2H3. The van der Waals surface area contributed by atoms with Gasteiger partial charge in [0.2, 0.25) is 0 Å². The maximum Gasteiger partial charge on any atom is 0.347 e. The van der Waals surface area contributed by atoms with Crippen LogP contribution < -0.4 is 5.56 Å². The number of aromatic nitrogens is 3. The smallest absolute Gasteiger partial charge is 0.347 e. The van der Waals surface area contributed by atoms with E-state index in [-0.39, 0.29) is 24.2 Å². The lowest BCUT2D eigenvalue weighted by Gasteiger charge is -2.12. The second-order valence-corrected chi connectivity index (χ2v) is 5.34. The van der Waals surface area contributed by atoms with Crippen LogP contribution in [0.25, 0.3) is 22.4 Å². The molecule has 0 aliphatic heterocycles. The average molecular weight is 349 g/mol. The fourth-order valence-electron chi connectivity index (χ4n) is 2.56. The molecular formula is C19H15N3O4. The van der Waals surface area contributed by atoms with Crippen molar-refractivity contribution in [3.05, 3.63) is 52.4 Å². The average Bonchev–Trinajstić information content (AvgIpc) is 2.66. The van der Waals surface area contributed by atoms with Crippen molar-refractivity contribution in [3.8, 4) is 29.5 Å². The highest BCUT2D eigenvalue weighted by molar-refractivity contribution is 5.98. The van der Waals surface area contributed by atoms with Crippen LogP contribution in [0.5, 0.6) is 5.75 Å². The number of hydrogen-bond donors (Lipinski definition) is 1. The highest BCUT2D eigenvalue weighted by Crippen LogP contribution is 2.27. The molecule has 0 aliphatic carbocycles. The van der Waals surface area contributed by atoms with Gasteiger partial charge in [0.1, 0.15) is 5.75 Å². The Morgan fingerprint density at radius 2 is 2.08 bits per heavy atom. The zero-order valence-corrected chi connectivity index (χ0v) is 14.0. The van der Waals surface area contributed by atoms with Crippen molar-refractivity contribution in [2.45, 2.75) is 13.5 Å². The summed E-state index contributed by atoms with van der Waals surface area (Å²) in [5.41, 5.74) is -0.356. The van der Waals surface area contributed by atoms with E-state index in [4.69, 9.17) is 11.2 Å². The maximum atomic E-state index is 12.7. The summed E-state index contributed by atoms with van der Waals surface area (Å²) in [7, 11) is 0. The van der Waals surface area contributed by atoms with Gasteiger partial charge in [-0.3, -0.25) is 9.36 Å². The topological polar surface area (TPSA) is 94.3 Å². The highest BCUT2D eigenvalue weighted by Gasteiger charge is 2.24. The molecule has 7 nitrogen and oxygen atoms in total. The van der Waals surface area contributed by atoms with Crippen LogP contribution in [0, 0.1) is 12.3 Å². The highest BCUT2D eigenvalue weighted by atomic mass is 16.5. The van der Waals surface area contributed by atoms with E-state index >= 15 is 0 Å². The van der Waals surface area contributed by atoms with E-state index in [0.29, 0.717) is 5.82 Å². The van der Waals surface area contributed by atoms with Crippen molar-refractivity contribution >= 4 is 17.0 Å². The Bertz CT molecular complexity index is 1080. The Morgan fingerprint density at radius 1 is 1.35 bits per heavy atom. The molecule has 1 aromatic carbocycles. The lowest BCUT2D eigenvalue weighted by molar-refractivity contribution is 0.0520. The summed E-state index contributed by atoms with van der Waals surface area (Å²) in [5, 5.41) is 10.6. The van der Waals surface area contributed by atoms with Crippen molar-refractivity contribution in [1.82, 2.24) is 14.5 Å². The van der Waals surface area contributed by atoms with Gasteiger partial charge in [-0.05, 0) is 6.92 Å². The molecule has 0 saturated carbocycles. The van der Waals surface area contributed by atoms with Gasteiger partial charge >= 0.3 is 5.97 Å². The van der Waals surface area contributed by atoms with E-state index in [0.717, 1.165) is 10.1 Å². The molecule has 0 spiro atoms. The minimum Gasteiger partial charge on any atom is -0.506 e. The lowest BCUT2D eigenvalue weighted by Crippen LogP contribution is -2.28. The van der Waals surface area contributed by atoms with Gasteiger partial charge in [0, 0.05) is 11.8 Å². The molecule has 0 bridgehead atoms. The fraction of sp³-hybridized carbons (Fsp3) is 0.158. The minimum atomic E-state index is -0.921. The molecule has 3 aromatic rings. The Labute approximate surface area is 148 Å². The molecule has 0 radical (unpaired) electrons. The van der Waals surface area contributed by atoms with Crippen molar-refractivity contribution in [2.24, 2.45) is 0 Å². The Morgan fingerprint density at radius 3 is 2.73 bits per heavy atom. The van der Waals surface area contributed by atoms with E-state index in [2.05, 4.69) is 15.9 Å². The number of terminal acetylenes is 1. The van der Waals surface area contributed by atoms with Crippen LogP contribution in [0.1, 0.15) is 17.3 Å². The molecule has 2 aromatic heterocycles. The number of hydrogen-bond acceptors (Lipinski definition) is 6.